The summed E-state index contributed by atoms with van der Waals surface area (Å²) >= 11 is 0. The van der Waals surface area contributed by atoms with Crippen LogP contribution in [0, 0.1) is 0 Å². The minimum Gasteiger partial charge on any atom is -0.304 e. The zero-order chi connectivity index (χ0) is 11.7. The second-order valence-corrected chi connectivity index (χ2v) is 5.35. The molecule has 0 aromatic carbocycles. The topological polar surface area (TPSA) is 19.4 Å². The number of likely N-dealkylation sites (N-methyl/N-ethyl adjacent to an activating group) is 1. The Morgan fingerprint density at radius 2 is 2.06 bits per heavy atom. The van der Waals surface area contributed by atoms with E-state index in [2.05, 4.69) is 34.0 Å². The van der Waals surface area contributed by atoms with Gasteiger partial charge in [-0.2, -0.15) is 0 Å². The molecule has 92 valence electrons. The molecule has 1 aromatic heterocycles. The van der Waals surface area contributed by atoms with E-state index in [1.165, 1.54) is 50.3 Å². The van der Waals surface area contributed by atoms with Crippen molar-refractivity contribution in [2.75, 3.05) is 33.2 Å². The normalized spacial score (nSPS) is 26.8. The minimum atomic E-state index is 0.750. The molecule has 3 heteroatoms. The van der Waals surface area contributed by atoms with Crippen LogP contribution in [0.1, 0.15) is 17.7 Å². The van der Waals surface area contributed by atoms with Gasteiger partial charge in [0.2, 0.25) is 0 Å². The predicted molar refractivity (Wildman–Crippen MR) is 69.1 cm³/mol. The summed E-state index contributed by atoms with van der Waals surface area (Å²) in [4.78, 5) is 9.59. The third-order valence-corrected chi connectivity index (χ3v) is 4.21. The van der Waals surface area contributed by atoms with Gasteiger partial charge in [0.15, 0.2) is 0 Å². The number of pyridine rings is 1. The number of aromatic nitrogens is 1. The summed E-state index contributed by atoms with van der Waals surface area (Å²) in [6.45, 7) is 4.90. The molecule has 0 bridgehead atoms. The number of hydrogen-bond donors (Lipinski definition) is 0. The molecule has 3 nitrogen and oxygen atoms in total. The summed E-state index contributed by atoms with van der Waals surface area (Å²) < 4.78 is 0. The van der Waals surface area contributed by atoms with Gasteiger partial charge in [-0.15, -0.1) is 0 Å². The van der Waals surface area contributed by atoms with E-state index >= 15 is 0 Å². The van der Waals surface area contributed by atoms with Crippen molar-refractivity contribution in [2.45, 2.75) is 25.3 Å². The molecule has 0 saturated carbocycles. The summed E-state index contributed by atoms with van der Waals surface area (Å²) in [6.07, 6.45) is 5.57. The SMILES string of the molecule is CN1CCN(C2CCc3ncccc3C2)CC1. The van der Waals surface area contributed by atoms with Crippen molar-refractivity contribution in [1.29, 1.82) is 0 Å². The number of nitrogens with zero attached hydrogens (tertiary/aromatic N) is 3. The van der Waals surface area contributed by atoms with E-state index in [0.717, 1.165) is 12.5 Å². The van der Waals surface area contributed by atoms with E-state index < -0.39 is 0 Å². The standard InChI is InChI=1S/C14H21N3/c1-16-7-9-17(10-8-16)13-4-5-14-12(11-13)3-2-6-15-14/h2-3,6,13H,4-5,7-11H2,1H3. The number of rotatable bonds is 1. The molecule has 3 rings (SSSR count). The maximum atomic E-state index is 4.48. The van der Waals surface area contributed by atoms with Crippen molar-refractivity contribution in [3.8, 4) is 0 Å². The zero-order valence-electron chi connectivity index (χ0n) is 10.6. The summed E-state index contributed by atoms with van der Waals surface area (Å²) in [5, 5.41) is 0. The zero-order valence-corrected chi connectivity index (χ0v) is 10.6. The number of piperazine rings is 1. The third kappa shape index (κ3) is 2.35. The second kappa shape index (κ2) is 4.75. The minimum absolute atomic E-state index is 0.750. The van der Waals surface area contributed by atoms with Crippen molar-refractivity contribution in [3.63, 3.8) is 0 Å². The van der Waals surface area contributed by atoms with Crippen LogP contribution in [-0.2, 0) is 12.8 Å². The van der Waals surface area contributed by atoms with Crippen LogP contribution in [0.5, 0.6) is 0 Å². The van der Waals surface area contributed by atoms with Gasteiger partial charge in [0.1, 0.15) is 0 Å². The van der Waals surface area contributed by atoms with Gasteiger partial charge >= 0.3 is 0 Å². The Hall–Kier alpha value is -0.930. The molecule has 0 amide bonds. The van der Waals surface area contributed by atoms with Crippen LogP contribution in [0.3, 0.4) is 0 Å². The maximum Gasteiger partial charge on any atom is 0.0436 e. The Kier molecular flexibility index (Phi) is 3.12. The fraction of sp³-hybridized carbons (Fsp3) is 0.643. The molecule has 0 radical (unpaired) electrons. The Balaban J connectivity index is 1.68. The summed E-state index contributed by atoms with van der Waals surface area (Å²) in [5.41, 5.74) is 2.81. The lowest BCUT2D eigenvalue weighted by Crippen LogP contribution is -2.50. The molecule has 17 heavy (non-hydrogen) atoms. The predicted octanol–water partition coefficient (Wildman–Crippen LogP) is 1.19. The highest BCUT2D eigenvalue weighted by molar-refractivity contribution is 5.24. The first-order valence-corrected chi connectivity index (χ1v) is 6.68. The summed E-state index contributed by atoms with van der Waals surface area (Å²) in [6, 6.07) is 5.08. The van der Waals surface area contributed by atoms with Crippen LogP contribution in [0.2, 0.25) is 0 Å². The third-order valence-electron chi connectivity index (χ3n) is 4.21. The van der Waals surface area contributed by atoms with Crippen LogP contribution in [0.25, 0.3) is 0 Å². The molecule has 1 aliphatic heterocycles. The Bertz CT molecular complexity index is 383. The smallest absolute Gasteiger partial charge is 0.0436 e. The molecule has 1 aliphatic carbocycles. The molecule has 1 fully saturated rings. The number of hydrogen-bond acceptors (Lipinski definition) is 3. The van der Waals surface area contributed by atoms with Gasteiger partial charge in [0, 0.05) is 44.1 Å². The lowest BCUT2D eigenvalue weighted by Gasteiger charge is -2.39. The highest BCUT2D eigenvalue weighted by Crippen LogP contribution is 2.23. The number of aryl methyl sites for hydroxylation is 1. The molecule has 0 spiro atoms. The summed E-state index contributed by atoms with van der Waals surface area (Å²) in [5.74, 6) is 0. The largest absolute Gasteiger partial charge is 0.304 e. The van der Waals surface area contributed by atoms with Crippen molar-refractivity contribution < 1.29 is 0 Å². The second-order valence-electron chi connectivity index (χ2n) is 5.35. The Morgan fingerprint density at radius 1 is 1.24 bits per heavy atom. The van der Waals surface area contributed by atoms with E-state index in [4.69, 9.17) is 0 Å². The molecule has 2 heterocycles. The molecular weight excluding hydrogens is 210 g/mol. The molecule has 0 N–H and O–H groups in total. The van der Waals surface area contributed by atoms with Gasteiger partial charge in [0.05, 0.1) is 0 Å². The number of fused-ring (bicyclic) bond motifs is 1. The molecule has 1 atom stereocenters. The fourth-order valence-electron chi connectivity index (χ4n) is 3.04. The summed E-state index contributed by atoms with van der Waals surface area (Å²) in [7, 11) is 2.22. The first-order valence-electron chi connectivity index (χ1n) is 6.68. The lowest BCUT2D eigenvalue weighted by atomic mass is 9.90. The van der Waals surface area contributed by atoms with Gasteiger partial charge in [-0.3, -0.25) is 9.88 Å². The van der Waals surface area contributed by atoms with Gasteiger partial charge < -0.3 is 4.90 Å². The highest BCUT2D eigenvalue weighted by atomic mass is 15.3. The van der Waals surface area contributed by atoms with E-state index in [1.54, 1.807) is 0 Å². The van der Waals surface area contributed by atoms with Gasteiger partial charge in [-0.05, 0) is 37.9 Å². The molecule has 1 unspecified atom stereocenters. The highest BCUT2D eigenvalue weighted by Gasteiger charge is 2.26. The molecule has 1 aromatic rings. The monoisotopic (exact) mass is 231 g/mol. The van der Waals surface area contributed by atoms with Crippen molar-refractivity contribution in [2.24, 2.45) is 0 Å². The van der Waals surface area contributed by atoms with Crippen LogP contribution in [0.15, 0.2) is 18.3 Å². The average molecular weight is 231 g/mol. The van der Waals surface area contributed by atoms with Crippen LogP contribution in [-0.4, -0.2) is 54.1 Å². The molecular formula is C14H21N3. The Morgan fingerprint density at radius 3 is 2.88 bits per heavy atom. The van der Waals surface area contributed by atoms with E-state index in [9.17, 15) is 0 Å². The first kappa shape index (κ1) is 11.2. The van der Waals surface area contributed by atoms with Crippen LogP contribution >= 0.6 is 0 Å². The average Bonchev–Trinajstić information content (AvgIpc) is 2.39. The van der Waals surface area contributed by atoms with Crippen LogP contribution < -0.4 is 0 Å². The quantitative estimate of drug-likeness (QED) is 0.723. The lowest BCUT2D eigenvalue weighted by molar-refractivity contribution is 0.103. The van der Waals surface area contributed by atoms with Gasteiger partial charge in [-0.25, -0.2) is 0 Å². The van der Waals surface area contributed by atoms with E-state index in [-0.39, 0.29) is 0 Å². The van der Waals surface area contributed by atoms with E-state index in [1.807, 2.05) is 6.20 Å². The molecule has 1 saturated heterocycles. The first-order chi connectivity index (χ1) is 8.33. The van der Waals surface area contributed by atoms with Crippen molar-refractivity contribution >= 4 is 0 Å². The van der Waals surface area contributed by atoms with E-state index in [0.29, 0.717) is 0 Å². The maximum absolute atomic E-state index is 4.48. The Labute approximate surface area is 103 Å². The van der Waals surface area contributed by atoms with Crippen LogP contribution in [0.4, 0.5) is 0 Å². The van der Waals surface area contributed by atoms with Gasteiger partial charge in [0.25, 0.3) is 0 Å². The van der Waals surface area contributed by atoms with Crippen molar-refractivity contribution in [3.05, 3.63) is 29.6 Å². The van der Waals surface area contributed by atoms with Gasteiger partial charge in [-0.1, -0.05) is 6.07 Å². The molecule has 2 aliphatic rings. The fourth-order valence-corrected chi connectivity index (χ4v) is 3.04. The van der Waals surface area contributed by atoms with Crippen molar-refractivity contribution in [1.82, 2.24) is 14.8 Å².